The zero-order valence-corrected chi connectivity index (χ0v) is 14.1. The highest BCUT2D eigenvalue weighted by Crippen LogP contribution is 2.67. The van der Waals surface area contributed by atoms with E-state index in [0.29, 0.717) is 29.0 Å². The molecule has 5 aliphatic carbocycles. The van der Waals surface area contributed by atoms with Gasteiger partial charge in [-0.25, -0.2) is 0 Å². The molecule has 1 aromatic rings. The summed E-state index contributed by atoms with van der Waals surface area (Å²) in [6, 6.07) is 5.98. The molecule has 5 aliphatic rings. The quantitative estimate of drug-likeness (QED) is 0.709. The third-order valence-corrected chi connectivity index (χ3v) is 7.54. The van der Waals surface area contributed by atoms with E-state index in [2.05, 4.69) is 19.9 Å². The van der Waals surface area contributed by atoms with E-state index in [-0.39, 0.29) is 5.92 Å². The lowest BCUT2D eigenvalue weighted by Crippen LogP contribution is -2.54. The third kappa shape index (κ3) is 1.53. The summed E-state index contributed by atoms with van der Waals surface area (Å²) in [6.45, 7) is 4.84. The number of Topliss-reactive ketones (excluding diaryl/α,β-unsaturated/α-hetero) is 1. The zero-order valence-electron chi connectivity index (χ0n) is 14.1. The van der Waals surface area contributed by atoms with Crippen LogP contribution in [-0.4, -0.2) is 12.9 Å². The molecule has 0 radical (unpaired) electrons. The number of benzene rings is 1. The highest BCUT2D eigenvalue weighted by Gasteiger charge is 2.60. The van der Waals surface area contributed by atoms with Crippen molar-refractivity contribution < 1.29 is 9.53 Å². The fraction of sp³-hybridized carbons (Fsp3) is 0.571. The standard InChI is InChI=1S/C21H24O2/c1-21(2)11-9-15-12(16(21)10-11)7-8-13-18-14(20(22)19(13)15)5-4-6-17(18)23-3/h4-7,11,13,15-16,19H,8-10H2,1-3H3/t11-,13-,15-,16-,19+/m0/s1. The number of carbonyl (C=O) groups excluding carboxylic acids is 1. The number of hydrogen-bond donors (Lipinski definition) is 0. The second-order valence-corrected chi connectivity index (χ2v) is 8.51. The molecule has 2 bridgehead atoms. The van der Waals surface area contributed by atoms with Gasteiger partial charge < -0.3 is 4.74 Å². The van der Waals surface area contributed by atoms with Crippen LogP contribution in [0, 0.1) is 29.1 Å². The molecule has 0 unspecified atom stereocenters. The lowest BCUT2D eigenvalue weighted by atomic mass is 9.42. The van der Waals surface area contributed by atoms with Crippen molar-refractivity contribution >= 4 is 5.78 Å². The molecule has 2 nitrogen and oxygen atoms in total. The molecular formula is C21H24O2. The molecule has 3 saturated carbocycles. The van der Waals surface area contributed by atoms with Crippen molar-refractivity contribution in [3.8, 4) is 5.75 Å². The van der Waals surface area contributed by atoms with Crippen molar-refractivity contribution in [3.63, 3.8) is 0 Å². The van der Waals surface area contributed by atoms with E-state index < -0.39 is 0 Å². The number of rotatable bonds is 1. The first kappa shape index (κ1) is 13.8. The topological polar surface area (TPSA) is 26.3 Å². The second-order valence-electron chi connectivity index (χ2n) is 8.51. The van der Waals surface area contributed by atoms with E-state index >= 15 is 0 Å². The number of carbonyl (C=O) groups is 1. The van der Waals surface area contributed by atoms with Crippen LogP contribution < -0.4 is 4.74 Å². The average molecular weight is 308 g/mol. The smallest absolute Gasteiger partial charge is 0.167 e. The largest absolute Gasteiger partial charge is 0.496 e. The van der Waals surface area contributed by atoms with Crippen molar-refractivity contribution in [3.05, 3.63) is 41.0 Å². The maximum atomic E-state index is 13.2. The van der Waals surface area contributed by atoms with Gasteiger partial charge in [0.2, 0.25) is 0 Å². The van der Waals surface area contributed by atoms with Crippen LogP contribution >= 0.6 is 0 Å². The molecule has 0 aliphatic heterocycles. The Balaban J connectivity index is 1.60. The Bertz CT molecular complexity index is 742. The second kappa shape index (κ2) is 4.28. The molecular weight excluding hydrogens is 284 g/mol. The van der Waals surface area contributed by atoms with Crippen molar-refractivity contribution in [1.82, 2.24) is 0 Å². The Hall–Kier alpha value is -1.57. The van der Waals surface area contributed by atoms with Crippen LogP contribution in [-0.2, 0) is 0 Å². The summed E-state index contributed by atoms with van der Waals surface area (Å²) in [7, 11) is 1.72. The van der Waals surface area contributed by atoms with Crippen LogP contribution in [0.2, 0.25) is 0 Å². The highest BCUT2D eigenvalue weighted by atomic mass is 16.5. The molecule has 0 spiro atoms. The van der Waals surface area contributed by atoms with E-state index in [1.807, 2.05) is 18.2 Å². The number of ether oxygens (including phenoxy) is 1. The predicted molar refractivity (Wildman–Crippen MR) is 89.7 cm³/mol. The molecule has 3 fully saturated rings. The summed E-state index contributed by atoms with van der Waals surface area (Å²) >= 11 is 0. The molecule has 2 heteroatoms. The predicted octanol–water partition coefficient (Wildman–Crippen LogP) is 4.60. The maximum absolute atomic E-state index is 13.2. The van der Waals surface area contributed by atoms with Crippen molar-refractivity contribution in [2.45, 2.75) is 39.0 Å². The minimum atomic E-state index is 0.169. The van der Waals surface area contributed by atoms with Gasteiger partial charge in [-0.15, -0.1) is 0 Å². The lowest BCUT2D eigenvalue weighted by Gasteiger charge is -2.62. The highest BCUT2D eigenvalue weighted by molar-refractivity contribution is 6.04. The third-order valence-electron chi connectivity index (χ3n) is 7.54. The van der Waals surface area contributed by atoms with Gasteiger partial charge in [0.15, 0.2) is 5.78 Å². The van der Waals surface area contributed by atoms with Crippen molar-refractivity contribution in [2.75, 3.05) is 7.11 Å². The summed E-state index contributed by atoms with van der Waals surface area (Å²) < 4.78 is 5.58. The van der Waals surface area contributed by atoms with Crippen molar-refractivity contribution in [2.24, 2.45) is 29.1 Å². The molecule has 0 aromatic heterocycles. The lowest BCUT2D eigenvalue weighted by molar-refractivity contribution is -0.0586. The normalized spacial score (nSPS) is 38.8. The Kier molecular flexibility index (Phi) is 2.58. The van der Waals surface area contributed by atoms with Crippen LogP contribution in [0.3, 0.4) is 0 Å². The van der Waals surface area contributed by atoms with Gasteiger partial charge in [-0.1, -0.05) is 37.6 Å². The first-order valence-corrected chi connectivity index (χ1v) is 8.95. The van der Waals surface area contributed by atoms with Gasteiger partial charge in [-0.05, 0) is 48.5 Å². The number of fused-ring (bicyclic) bond motifs is 3. The fourth-order valence-electron chi connectivity index (χ4n) is 6.18. The molecule has 0 saturated heterocycles. The first-order chi connectivity index (χ1) is 11.0. The molecule has 0 amide bonds. The number of ketones is 1. The summed E-state index contributed by atoms with van der Waals surface area (Å²) in [4.78, 5) is 13.2. The van der Waals surface area contributed by atoms with Gasteiger partial charge in [0.05, 0.1) is 7.11 Å². The van der Waals surface area contributed by atoms with Gasteiger partial charge in [-0.2, -0.15) is 0 Å². The molecule has 23 heavy (non-hydrogen) atoms. The first-order valence-electron chi connectivity index (χ1n) is 8.95. The number of hydrogen-bond acceptors (Lipinski definition) is 2. The van der Waals surface area contributed by atoms with E-state index in [9.17, 15) is 4.79 Å². The minimum Gasteiger partial charge on any atom is -0.496 e. The van der Waals surface area contributed by atoms with Crippen molar-refractivity contribution in [1.29, 1.82) is 0 Å². The van der Waals surface area contributed by atoms with Crippen LogP contribution in [0.1, 0.15) is 54.9 Å². The van der Waals surface area contributed by atoms with Gasteiger partial charge in [-0.3, -0.25) is 4.79 Å². The van der Waals surface area contributed by atoms with Crippen LogP contribution in [0.5, 0.6) is 5.75 Å². The summed E-state index contributed by atoms with van der Waals surface area (Å²) in [6.07, 6.45) is 6.05. The maximum Gasteiger partial charge on any atom is 0.167 e. The van der Waals surface area contributed by atoms with Gasteiger partial charge in [0.1, 0.15) is 5.75 Å². The number of methoxy groups -OCH3 is 1. The molecule has 0 heterocycles. The molecule has 0 N–H and O–H groups in total. The Morgan fingerprint density at radius 2 is 2.00 bits per heavy atom. The van der Waals surface area contributed by atoms with Gasteiger partial charge >= 0.3 is 0 Å². The Morgan fingerprint density at radius 1 is 1.17 bits per heavy atom. The monoisotopic (exact) mass is 308 g/mol. The van der Waals surface area contributed by atoms with Gasteiger partial charge in [0.25, 0.3) is 0 Å². The summed E-state index contributed by atoms with van der Waals surface area (Å²) in [5, 5.41) is 0. The Morgan fingerprint density at radius 3 is 2.74 bits per heavy atom. The van der Waals surface area contributed by atoms with Crippen LogP contribution in [0.15, 0.2) is 29.8 Å². The minimum absolute atomic E-state index is 0.169. The molecule has 5 atom stereocenters. The van der Waals surface area contributed by atoms with E-state index in [0.717, 1.165) is 23.7 Å². The van der Waals surface area contributed by atoms with Crippen LogP contribution in [0.25, 0.3) is 0 Å². The molecule has 6 rings (SSSR count). The number of allylic oxidation sites excluding steroid dienone is 2. The van der Waals surface area contributed by atoms with Gasteiger partial charge in [0, 0.05) is 23.0 Å². The summed E-state index contributed by atoms with van der Waals surface area (Å²) in [5.41, 5.74) is 4.16. The fourth-order valence-corrected chi connectivity index (χ4v) is 6.18. The zero-order chi connectivity index (χ0) is 15.9. The SMILES string of the molecule is COc1cccc2c1[C@@H]1CC=C3[C@H](C[C@H]4C[C@@H]3C4(C)C)[C@@H]1C2=O. The summed E-state index contributed by atoms with van der Waals surface area (Å²) in [5.74, 6) is 3.78. The van der Waals surface area contributed by atoms with E-state index in [1.54, 1.807) is 12.7 Å². The van der Waals surface area contributed by atoms with Crippen LogP contribution in [0.4, 0.5) is 0 Å². The van der Waals surface area contributed by atoms with E-state index in [1.165, 1.54) is 18.4 Å². The van der Waals surface area contributed by atoms with E-state index in [4.69, 9.17) is 4.74 Å². The molecule has 120 valence electrons. The average Bonchev–Trinajstić information content (AvgIpc) is 2.87. The Labute approximate surface area is 137 Å². The molecule has 1 aromatic carbocycles.